The topological polar surface area (TPSA) is 104 Å². The molecular formula is C24H25N5O2. The van der Waals surface area contributed by atoms with Gasteiger partial charge >= 0.3 is 5.69 Å². The Labute approximate surface area is 180 Å². The van der Waals surface area contributed by atoms with Gasteiger partial charge in [-0.05, 0) is 67.6 Å². The number of H-pyrrole nitrogens is 1. The number of nitrogens with zero attached hydrogens (tertiary/aromatic N) is 4. The zero-order valence-electron chi connectivity index (χ0n) is 18.2. The first-order valence-corrected chi connectivity index (χ1v) is 10.4. The number of hydrogen-bond donors (Lipinski definition) is 1. The van der Waals surface area contributed by atoms with Crippen LogP contribution in [0, 0.1) is 25.2 Å². The molecule has 0 amide bonds. The summed E-state index contributed by atoms with van der Waals surface area (Å²) < 4.78 is 1.91. The Morgan fingerprint density at radius 1 is 1.03 bits per heavy atom. The molecule has 2 aromatic rings. The van der Waals surface area contributed by atoms with Crippen LogP contribution in [0.2, 0.25) is 0 Å². The maximum atomic E-state index is 12.3. The van der Waals surface area contributed by atoms with Gasteiger partial charge in [-0.25, -0.2) is 9.78 Å². The quantitative estimate of drug-likeness (QED) is 0.511. The highest BCUT2D eigenvalue weighted by molar-refractivity contribution is 5.81. The van der Waals surface area contributed by atoms with Crippen LogP contribution in [0.5, 0.6) is 0 Å². The Hall–Kier alpha value is -3.79. The molecule has 0 fully saturated rings. The van der Waals surface area contributed by atoms with Gasteiger partial charge in [0.1, 0.15) is 0 Å². The molecule has 0 bridgehead atoms. The molecule has 0 aliphatic carbocycles. The molecule has 0 spiro atoms. The molecule has 31 heavy (non-hydrogen) atoms. The molecule has 2 aromatic carbocycles. The largest absolute Gasteiger partial charge is 0.349 e. The van der Waals surface area contributed by atoms with Gasteiger partial charge < -0.3 is 4.57 Å². The van der Waals surface area contributed by atoms with E-state index in [9.17, 15) is 9.59 Å². The van der Waals surface area contributed by atoms with Crippen LogP contribution in [0.4, 0.5) is 0 Å². The van der Waals surface area contributed by atoms with Crippen molar-refractivity contribution in [2.24, 2.45) is 0 Å². The van der Waals surface area contributed by atoms with Crippen molar-refractivity contribution in [2.45, 2.75) is 47.1 Å². The van der Waals surface area contributed by atoms with Crippen molar-refractivity contribution in [3.63, 3.8) is 0 Å². The molecule has 0 radical (unpaired) electrons. The van der Waals surface area contributed by atoms with Crippen LogP contribution >= 0.6 is 0 Å². The van der Waals surface area contributed by atoms with Crippen molar-refractivity contribution >= 4 is 11.0 Å². The zero-order chi connectivity index (χ0) is 22.5. The maximum Gasteiger partial charge on any atom is 0.349 e. The molecule has 0 saturated heterocycles. The molecule has 2 heterocycles. The molecule has 0 unspecified atom stereocenters. The lowest BCUT2D eigenvalue weighted by atomic mass is 10.1. The lowest BCUT2D eigenvalue weighted by molar-refractivity contribution is 0.648. The van der Waals surface area contributed by atoms with Gasteiger partial charge in [0, 0.05) is 6.54 Å². The minimum absolute atomic E-state index is 0.165. The van der Waals surface area contributed by atoms with Gasteiger partial charge in [-0.2, -0.15) is 10.2 Å². The number of nitriles is 1. The maximum absolute atomic E-state index is 12.3. The number of fused-ring (bicyclic) bond motifs is 2. The van der Waals surface area contributed by atoms with Crippen LogP contribution in [0.3, 0.4) is 0 Å². The second kappa shape index (κ2) is 9.35. The van der Waals surface area contributed by atoms with Crippen LogP contribution in [-0.2, 0) is 13.0 Å². The first kappa shape index (κ1) is 21.9. The van der Waals surface area contributed by atoms with E-state index < -0.39 is 11.2 Å². The third-order valence-electron chi connectivity index (χ3n) is 5.15. The van der Waals surface area contributed by atoms with Gasteiger partial charge in [-0.1, -0.05) is 26.0 Å². The smallest absolute Gasteiger partial charge is 0.322 e. The summed E-state index contributed by atoms with van der Waals surface area (Å²) in [7, 11) is 0. The van der Waals surface area contributed by atoms with E-state index in [2.05, 4.69) is 21.0 Å². The molecule has 4 rings (SSSR count). The van der Waals surface area contributed by atoms with Crippen molar-refractivity contribution < 1.29 is 0 Å². The standard InChI is InChI=1S/C22H19N5O2.C2H6/c1-13-10-17-18(11-14(13)2)27(20-19(24-17)21(28)26-22(29)25-20)9-3-4-15-5-7-16(12-23)8-6-15;1-2/h5-8,10-11H,3-4,9H2,1-2H3,(H,26,28,29);1-2H3. The normalized spacial score (nSPS) is 10.5. The molecule has 2 aliphatic rings. The second-order valence-electron chi connectivity index (χ2n) is 7.14. The Balaban J connectivity index is 0.00000132. The lowest BCUT2D eigenvalue weighted by Crippen LogP contribution is -2.29. The first-order chi connectivity index (χ1) is 15.0. The summed E-state index contributed by atoms with van der Waals surface area (Å²) in [6.07, 6.45) is 1.57. The van der Waals surface area contributed by atoms with Crippen LogP contribution < -0.4 is 11.2 Å². The summed E-state index contributed by atoms with van der Waals surface area (Å²) in [5.74, 6) is 0.300. The number of benzene rings is 2. The fourth-order valence-corrected chi connectivity index (χ4v) is 3.46. The van der Waals surface area contributed by atoms with E-state index >= 15 is 0 Å². The highest BCUT2D eigenvalue weighted by atomic mass is 16.2. The predicted molar refractivity (Wildman–Crippen MR) is 121 cm³/mol. The predicted octanol–water partition coefficient (Wildman–Crippen LogP) is 3.73. The average Bonchev–Trinajstić information content (AvgIpc) is 2.77. The third-order valence-corrected chi connectivity index (χ3v) is 5.15. The molecule has 7 heteroatoms. The van der Waals surface area contributed by atoms with Gasteiger partial charge in [0.15, 0.2) is 11.5 Å². The van der Waals surface area contributed by atoms with E-state index in [4.69, 9.17) is 5.26 Å². The molecule has 2 aliphatic heterocycles. The number of aromatic nitrogens is 4. The molecule has 1 N–H and O–H groups in total. The molecule has 0 saturated carbocycles. The van der Waals surface area contributed by atoms with E-state index in [0.717, 1.165) is 35.0 Å². The minimum Gasteiger partial charge on any atom is -0.322 e. The summed E-state index contributed by atoms with van der Waals surface area (Å²) in [6.45, 7) is 8.59. The highest BCUT2D eigenvalue weighted by Crippen LogP contribution is 2.24. The lowest BCUT2D eigenvalue weighted by Gasteiger charge is -2.17. The summed E-state index contributed by atoms with van der Waals surface area (Å²) in [5.41, 5.74) is 4.45. The van der Waals surface area contributed by atoms with E-state index in [1.165, 1.54) is 0 Å². The summed E-state index contributed by atoms with van der Waals surface area (Å²) in [6, 6.07) is 13.6. The third kappa shape index (κ3) is 4.53. The van der Waals surface area contributed by atoms with Crippen LogP contribution in [0.25, 0.3) is 22.6 Å². The van der Waals surface area contributed by atoms with Crippen molar-refractivity contribution in [1.82, 2.24) is 19.5 Å². The SMILES string of the molecule is CC.Cc1cc2nc3c(=O)[nH]c(=O)nc-3n(CCCc3ccc(C#N)cc3)c2cc1C. The van der Waals surface area contributed by atoms with Gasteiger partial charge in [-0.3, -0.25) is 9.78 Å². The number of hydrogen-bond acceptors (Lipinski definition) is 5. The monoisotopic (exact) mass is 415 g/mol. The molecule has 0 aromatic heterocycles. The van der Waals surface area contributed by atoms with Gasteiger partial charge in [-0.15, -0.1) is 0 Å². The van der Waals surface area contributed by atoms with Crippen LogP contribution in [-0.4, -0.2) is 19.5 Å². The van der Waals surface area contributed by atoms with Gasteiger partial charge in [0.05, 0.1) is 22.7 Å². The second-order valence-corrected chi connectivity index (χ2v) is 7.14. The number of nitrogens with one attached hydrogen (secondary N) is 1. The zero-order valence-corrected chi connectivity index (χ0v) is 18.2. The van der Waals surface area contributed by atoms with E-state index in [0.29, 0.717) is 23.4 Å². The van der Waals surface area contributed by atoms with E-state index in [1.807, 2.05) is 56.5 Å². The molecule has 7 nitrogen and oxygen atoms in total. The highest BCUT2D eigenvalue weighted by Gasteiger charge is 2.19. The Kier molecular flexibility index (Phi) is 6.61. The number of aryl methyl sites for hydroxylation is 4. The summed E-state index contributed by atoms with van der Waals surface area (Å²) >= 11 is 0. The minimum atomic E-state index is -0.673. The Morgan fingerprint density at radius 2 is 1.71 bits per heavy atom. The van der Waals surface area contributed by atoms with E-state index in [-0.39, 0.29) is 5.69 Å². The average molecular weight is 415 g/mol. The van der Waals surface area contributed by atoms with E-state index in [1.54, 1.807) is 12.1 Å². The van der Waals surface area contributed by atoms with Crippen LogP contribution in [0.15, 0.2) is 46.0 Å². The molecule has 158 valence electrons. The number of rotatable bonds is 4. The van der Waals surface area contributed by atoms with Gasteiger partial charge in [0.2, 0.25) is 0 Å². The fraction of sp³-hybridized carbons (Fsp3) is 0.292. The number of aromatic amines is 1. The van der Waals surface area contributed by atoms with Crippen molar-refractivity contribution in [3.05, 3.63) is 79.5 Å². The fourth-order valence-electron chi connectivity index (χ4n) is 3.46. The van der Waals surface area contributed by atoms with Crippen molar-refractivity contribution in [1.29, 1.82) is 5.26 Å². The van der Waals surface area contributed by atoms with Crippen LogP contribution in [0.1, 0.15) is 42.5 Å². The summed E-state index contributed by atoms with van der Waals surface area (Å²) in [5, 5.41) is 8.92. The van der Waals surface area contributed by atoms with Gasteiger partial charge in [0.25, 0.3) is 5.56 Å². The molecule has 0 atom stereocenters. The van der Waals surface area contributed by atoms with Crippen molar-refractivity contribution in [3.8, 4) is 17.6 Å². The Bertz CT molecular complexity index is 1340. The Morgan fingerprint density at radius 3 is 2.39 bits per heavy atom. The molecular weight excluding hydrogens is 390 g/mol. The summed E-state index contributed by atoms with van der Waals surface area (Å²) in [4.78, 5) is 34.8. The first-order valence-electron chi connectivity index (χ1n) is 10.4. The van der Waals surface area contributed by atoms with Crippen molar-refractivity contribution in [2.75, 3.05) is 0 Å².